The van der Waals surface area contributed by atoms with Crippen LogP contribution >= 0.6 is 0 Å². The van der Waals surface area contributed by atoms with Gasteiger partial charge in [-0.05, 0) is 17.5 Å². The van der Waals surface area contributed by atoms with Gasteiger partial charge in [0.05, 0.1) is 12.5 Å². The Labute approximate surface area is 91.1 Å². The molecule has 4 heteroatoms. The third-order valence-electron chi connectivity index (χ3n) is 2.38. The first-order valence-electron chi connectivity index (χ1n) is 4.63. The summed E-state index contributed by atoms with van der Waals surface area (Å²) in [6, 6.07) is 7.51. The molecule has 1 N–H and O–H groups in total. The number of aromatic carboxylic acids is 1. The van der Waals surface area contributed by atoms with Gasteiger partial charge in [-0.15, -0.1) is 0 Å². The molecule has 0 fully saturated rings. The maximum Gasteiger partial charge on any atom is 0.339 e. The average Bonchev–Trinajstić information content (AvgIpc) is 2.27. The molecule has 0 saturated carbocycles. The topological polar surface area (TPSA) is 46.5 Å². The number of carbonyl (C=O) groups is 1. The van der Waals surface area contributed by atoms with Crippen LogP contribution < -0.4 is 4.74 Å². The molecular weight excluding hydrogens is 211 g/mol. The average molecular weight is 220 g/mol. The Bertz CT molecular complexity index is 563. The van der Waals surface area contributed by atoms with Crippen LogP contribution in [-0.4, -0.2) is 18.2 Å². The molecule has 0 saturated heterocycles. The number of benzene rings is 2. The quantitative estimate of drug-likeness (QED) is 0.846. The van der Waals surface area contributed by atoms with E-state index in [0.29, 0.717) is 5.39 Å². The first-order chi connectivity index (χ1) is 7.65. The molecule has 0 bridgehead atoms. The molecule has 3 nitrogen and oxygen atoms in total. The Morgan fingerprint density at radius 1 is 1.31 bits per heavy atom. The molecule has 0 atom stereocenters. The van der Waals surface area contributed by atoms with Gasteiger partial charge in [0.25, 0.3) is 0 Å². The van der Waals surface area contributed by atoms with E-state index in [4.69, 9.17) is 9.84 Å². The van der Waals surface area contributed by atoms with E-state index in [2.05, 4.69) is 0 Å². The molecule has 16 heavy (non-hydrogen) atoms. The summed E-state index contributed by atoms with van der Waals surface area (Å²) in [6.45, 7) is 0. The van der Waals surface area contributed by atoms with E-state index in [9.17, 15) is 9.18 Å². The van der Waals surface area contributed by atoms with Gasteiger partial charge in [-0.1, -0.05) is 18.2 Å². The van der Waals surface area contributed by atoms with Crippen LogP contribution in [0.2, 0.25) is 0 Å². The number of halogens is 1. The molecule has 0 aliphatic rings. The Morgan fingerprint density at radius 2 is 2.06 bits per heavy atom. The molecule has 2 aromatic rings. The summed E-state index contributed by atoms with van der Waals surface area (Å²) in [4.78, 5) is 10.9. The molecule has 0 amide bonds. The first kappa shape index (κ1) is 10.4. The molecule has 0 unspecified atom stereocenters. The number of hydrogen-bond acceptors (Lipinski definition) is 2. The third kappa shape index (κ3) is 1.48. The van der Waals surface area contributed by atoms with Crippen molar-refractivity contribution in [2.24, 2.45) is 0 Å². The fourth-order valence-corrected chi connectivity index (χ4v) is 1.68. The van der Waals surface area contributed by atoms with Crippen LogP contribution in [0.5, 0.6) is 5.75 Å². The zero-order chi connectivity index (χ0) is 11.7. The molecular formula is C12H9FO3. The Hall–Kier alpha value is -2.10. The number of fused-ring (bicyclic) bond motifs is 1. The number of ether oxygens (including phenoxy) is 1. The highest BCUT2D eigenvalue weighted by atomic mass is 19.1. The maximum absolute atomic E-state index is 13.6. The summed E-state index contributed by atoms with van der Waals surface area (Å²) in [6.07, 6.45) is 0. The van der Waals surface area contributed by atoms with Gasteiger partial charge in [-0.3, -0.25) is 0 Å². The zero-order valence-electron chi connectivity index (χ0n) is 8.53. The Kier molecular flexibility index (Phi) is 2.48. The van der Waals surface area contributed by atoms with Crippen LogP contribution in [0.3, 0.4) is 0 Å². The summed E-state index contributed by atoms with van der Waals surface area (Å²) in [5.74, 6) is -1.57. The second kappa shape index (κ2) is 3.81. The highest BCUT2D eigenvalue weighted by Gasteiger charge is 2.16. The van der Waals surface area contributed by atoms with Crippen molar-refractivity contribution in [3.05, 3.63) is 41.7 Å². The van der Waals surface area contributed by atoms with Crippen LogP contribution in [0.25, 0.3) is 10.8 Å². The van der Waals surface area contributed by atoms with Crippen LogP contribution in [0.15, 0.2) is 30.3 Å². The van der Waals surface area contributed by atoms with Crippen molar-refractivity contribution in [1.82, 2.24) is 0 Å². The molecule has 2 rings (SSSR count). The summed E-state index contributed by atoms with van der Waals surface area (Å²) >= 11 is 0. The number of carboxylic acid groups (broad SMARTS) is 1. The molecule has 82 valence electrons. The van der Waals surface area contributed by atoms with Gasteiger partial charge in [0.2, 0.25) is 0 Å². The second-order valence-electron chi connectivity index (χ2n) is 3.29. The van der Waals surface area contributed by atoms with Crippen LogP contribution in [0.4, 0.5) is 4.39 Å². The fraction of sp³-hybridized carbons (Fsp3) is 0.0833. The normalized spacial score (nSPS) is 10.4. The van der Waals surface area contributed by atoms with Crippen molar-refractivity contribution in [2.45, 2.75) is 0 Å². The van der Waals surface area contributed by atoms with Crippen LogP contribution in [0, 0.1) is 5.82 Å². The van der Waals surface area contributed by atoms with E-state index >= 15 is 0 Å². The van der Waals surface area contributed by atoms with Gasteiger partial charge >= 0.3 is 5.97 Å². The van der Waals surface area contributed by atoms with Crippen molar-refractivity contribution in [3.63, 3.8) is 0 Å². The smallest absolute Gasteiger partial charge is 0.339 e. The van der Waals surface area contributed by atoms with Gasteiger partial charge in [0, 0.05) is 0 Å². The van der Waals surface area contributed by atoms with Crippen molar-refractivity contribution >= 4 is 16.7 Å². The van der Waals surface area contributed by atoms with Crippen LogP contribution in [0.1, 0.15) is 10.4 Å². The SMILES string of the molecule is COc1c(C(=O)O)ccc2cccc(F)c12. The Balaban J connectivity index is 2.89. The van der Waals surface area contributed by atoms with Crippen LogP contribution in [-0.2, 0) is 0 Å². The Morgan fingerprint density at radius 3 is 2.69 bits per heavy atom. The lowest BCUT2D eigenvalue weighted by atomic mass is 10.0. The van der Waals surface area contributed by atoms with E-state index < -0.39 is 11.8 Å². The minimum atomic E-state index is -1.14. The predicted molar refractivity (Wildman–Crippen MR) is 57.4 cm³/mol. The van der Waals surface area contributed by atoms with Gasteiger partial charge in [0.15, 0.2) is 0 Å². The molecule has 2 aromatic carbocycles. The van der Waals surface area contributed by atoms with E-state index in [-0.39, 0.29) is 16.7 Å². The van der Waals surface area contributed by atoms with Gasteiger partial charge in [0.1, 0.15) is 17.1 Å². The molecule has 0 heterocycles. The number of hydrogen-bond donors (Lipinski definition) is 1. The van der Waals surface area contributed by atoms with Crippen molar-refractivity contribution < 1.29 is 19.0 Å². The monoisotopic (exact) mass is 220 g/mol. The lowest BCUT2D eigenvalue weighted by Gasteiger charge is -2.09. The van der Waals surface area contributed by atoms with E-state index in [1.165, 1.54) is 19.2 Å². The molecule has 0 aromatic heterocycles. The van der Waals surface area contributed by atoms with E-state index in [0.717, 1.165) is 0 Å². The minimum Gasteiger partial charge on any atom is -0.495 e. The van der Waals surface area contributed by atoms with Crippen molar-refractivity contribution in [1.29, 1.82) is 0 Å². The standard InChI is InChI=1S/C12H9FO3/c1-16-11-8(12(14)15)6-5-7-3-2-4-9(13)10(7)11/h2-6H,1H3,(H,14,15). The van der Waals surface area contributed by atoms with E-state index in [1.807, 2.05) is 0 Å². The number of methoxy groups -OCH3 is 1. The number of carboxylic acids is 1. The second-order valence-corrected chi connectivity index (χ2v) is 3.29. The van der Waals surface area contributed by atoms with Gasteiger partial charge in [-0.2, -0.15) is 0 Å². The maximum atomic E-state index is 13.6. The van der Waals surface area contributed by atoms with Crippen molar-refractivity contribution in [3.8, 4) is 5.75 Å². The highest BCUT2D eigenvalue weighted by Crippen LogP contribution is 2.31. The lowest BCUT2D eigenvalue weighted by Crippen LogP contribution is -2.01. The van der Waals surface area contributed by atoms with Crippen molar-refractivity contribution in [2.75, 3.05) is 7.11 Å². The highest BCUT2D eigenvalue weighted by molar-refractivity contribution is 6.00. The molecule has 0 aliphatic carbocycles. The predicted octanol–water partition coefficient (Wildman–Crippen LogP) is 2.69. The van der Waals surface area contributed by atoms with Gasteiger partial charge < -0.3 is 9.84 Å². The summed E-state index contributed by atoms with van der Waals surface area (Å²) in [7, 11) is 1.33. The number of rotatable bonds is 2. The largest absolute Gasteiger partial charge is 0.495 e. The molecule has 0 aliphatic heterocycles. The van der Waals surface area contributed by atoms with E-state index in [1.54, 1.807) is 18.2 Å². The minimum absolute atomic E-state index is 0.0416. The first-order valence-corrected chi connectivity index (χ1v) is 4.63. The molecule has 0 radical (unpaired) electrons. The summed E-state index contributed by atoms with van der Waals surface area (Å²) in [5.41, 5.74) is -0.0416. The van der Waals surface area contributed by atoms with Gasteiger partial charge in [-0.25, -0.2) is 9.18 Å². The summed E-state index contributed by atoms with van der Waals surface area (Å²) in [5, 5.41) is 9.76. The fourth-order valence-electron chi connectivity index (χ4n) is 1.68. The summed E-state index contributed by atoms with van der Waals surface area (Å²) < 4.78 is 18.6. The third-order valence-corrected chi connectivity index (χ3v) is 2.38. The molecule has 0 spiro atoms. The zero-order valence-corrected chi connectivity index (χ0v) is 8.53. The lowest BCUT2D eigenvalue weighted by molar-refractivity contribution is 0.0693.